The third kappa shape index (κ3) is 12.3. The summed E-state index contributed by atoms with van der Waals surface area (Å²) in [6.07, 6.45) is 8.68. The molecule has 0 radical (unpaired) electrons. The van der Waals surface area contributed by atoms with E-state index < -0.39 is 5.91 Å². The number of ether oxygens (including phenoxy) is 1. The fourth-order valence-electron chi connectivity index (χ4n) is 3.95. The average Bonchev–Trinajstić information content (AvgIpc) is 3.82. The van der Waals surface area contributed by atoms with Crippen molar-refractivity contribution in [1.29, 1.82) is 0 Å². The summed E-state index contributed by atoms with van der Waals surface area (Å²) in [5.74, 6) is 3.27. The van der Waals surface area contributed by atoms with Crippen molar-refractivity contribution in [1.82, 2.24) is 19.9 Å². The summed E-state index contributed by atoms with van der Waals surface area (Å²) in [5.41, 5.74) is 19.3. The number of carbonyl (C=O) groups excluding carboxylic acids is 2. The lowest BCUT2D eigenvalue weighted by atomic mass is 10.2. The number of hydrogen-bond acceptors (Lipinski definition) is 7. The van der Waals surface area contributed by atoms with Crippen molar-refractivity contribution >= 4 is 37.8 Å². The molecular formula is C33H41N8O3P. The summed E-state index contributed by atoms with van der Waals surface area (Å²) in [6.45, 7) is 4.27. The zero-order valence-electron chi connectivity index (χ0n) is 25.6. The van der Waals surface area contributed by atoms with Gasteiger partial charge in [-0.15, -0.1) is 0 Å². The van der Waals surface area contributed by atoms with Crippen LogP contribution in [0.4, 0.5) is 0 Å². The predicted octanol–water partition coefficient (Wildman–Crippen LogP) is 3.98. The summed E-state index contributed by atoms with van der Waals surface area (Å²) in [7, 11) is 2.81. The molecule has 2 aromatic heterocycles. The number of aliphatic imine (C=N–C) groups is 1. The van der Waals surface area contributed by atoms with Crippen molar-refractivity contribution in [3.05, 3.63) is 101 Å². The van der Waals surface area contributed by atoms with Gasteiger partial charge in [-0.25, -0.2) is 4.98 Å². The standard InChI is InChI=1S/C21H18N3O3P.C8H12N2.C4H11N3/c22-20(26)11-24-19-8-3-14(12-25)10-18(19)23-21(24)15-4-6-16(7-5-15)27-9-1-2-17-13-28-17;1-9-7-5-8-4-2-3-6-10-8;1-2-3-7-4(5)6/h1-8,10,12-13,28H,9,11H2,(H2,22,26);2-4,6,9H,5,7H2,1H3;2-3H2,1H3,(H4,5,6,7)/b2-1-;;. The molecule has 45 heavy (non-hydrogen) atoms. The molecule has 0 saturated heterocycles. The molecule has 7 N–H and O–H groups in total. The lowest BCUT2D eigenvalue weighted by molar-refractivity contribution is -0.118. The zero-order chi connectivity index (χ0) is 32.4. The van der Waals surface area contributed by atoms with Crippen LogP contribution in [0.3, 0.4) is 0 Å². The minimum atomic E-state index is -0.460. The summed E-state index contributed by atoms with van der Waals surface area (Å²) >= 11 is 0. The maximum Gasteiger partial charge on any atom is 0.237 e. The summed E-state index contributed by atoms with van der Waals surface area (Å²) in [4.78, 5) is 35.1. The first-order valence-electron chi connectivity index (χ1n) is 14.5. The smallest absolute Gasteiger partial charge is 0.237 e. The fourth-order valence-corrected chi connectivity index (χ4v) is 4.35. The quantitative estimate of drug-likeness (QED) is 0.0744. The number of pyridine rings is 1. The summed E-state index contributed by atoms with van der Waals surface area (Å²) < 4.78 is 7.47. The van der Waals surface area contributed by atoms with Crippen molar-refractivity contribution in [3.8, 4) is 17.1 Å². The zero-order valence-corrected chi connectivity index (χ0v) is 26.6. The number of nitrogens with two attached hydrogens (primary N) is 3. The monoisotopic (exact) mass is 628 g/mol. The Morgan fingerprint density at radius 1 is 1.11 bits per heavy atom. The van der Waals surface area contributed by atoms with E-state index in [1.807, 2.05) is 68.7 Å². The van der Waals surface area contributed by atoms with Gasteiger partial charge < -0.3 is 31.8 Å². The second-order valence-corrected chi connectivity index (χ2v) is 11.0. The third-order valence-electron chi connectivity index (χ3n) is 6.16. The predicted molar refractivity (Wildman–Crippen MR) is 184 cm³/mol. The molecule has 1 atom stereocenters. The first-order chi connectivity index (χ1) is 21.8. The van der Waals surface area contributed by atoms with Gasteiger partial charge in [-0.3, -0.25) is 19.6 Å². The Labute approximate surface area is 265 Å². The van der Waals surface area contributed by atoms with Crippen LogP contribution >= 0.6 is 8.58 Å². The number of guanidine groups is 1. The molecule has 0 fully saturated rings. The van der Waals surface area contributed by atoms with Crippen molar-refractivity contribution in [2.45, 2.75) is 26.3 Å². The van der Waals surface area contributed by atoms with Gasteiger partial charge in [0.2, 0.25) is 5.91 Å². The molecule has 5 rings (SSSR count). The number of hydrogen-bond donors (Lipinski definition) is 4. The van der Waals surface area contributed by atoms with Gasteiger partial charge in [-0.05, 0) is 79.5 Å². The number of aldehydes is 1. The molecule has 12 heteroatoms. The van der Waals surface area contributed by atoms with Crippen LogP contribution in [-0.2, 0) is 17.8 Å². The van der Waals surface area contributed by atoms with E-state index in [2.05, 4.69) is 32.2 Å². The second-order valence-electron chi connectivity index (χ2n) is 9.82. The van der Waals surface area contributed by atoms with Crippen LogP contribution in [0.15, 0.2) is 95.1 Å². The van der Waals surface area contributed by atoms with Crippen molar-refractivity contribution in [3.63, 3.8) is 0 Å². The number of allylic oxidation sites excluding steroid dienone is 2. The number of likely N-dealkylation sites (N-methyl/N-ethyl adjacent to an activating group) is 1. The van der Waals surface area contributed by atoms with E-state index >= 15 is 0 Å². The van der Waals surface area contributed by atoms with E-state index in [9.17, 15) is 9.59 Å². The molecule has 0 aliphatic carbocycles. The van der Waals surface area contributed by atoms with E-state index in [0.29, 0.717) is 23.5 Å². The molecule has 1 aliphatic rings. The minimum Gasteiger partial charge on any atom is -0.490 e. The SMILES string of the molecule is CCCN=C(N)N.CNCCc1ccccn1.NC(=O)Cn1c(-c2ccc(OC/C=C\C3=CP3)cc2)nc2cc(C=O)ccc21. The van der Waals surface area contributed by atoms with Crippen molar-refractivity contribution in [2.75, 3.05) is 26.7 Å². The van der Waals surface area contributed by atoms with Crippen LogP contribution in [0, 0.1) is 0 Å². The van der Waals surface area contributed by atoms with Gasteiger partial charge in [-0.1, -0.05) is 33.5 Å². The number of carbonyl (C=O) groups is 2. The van der Waals surface area contributed by atoms with Crippen LogP contribution in [-0.4, -0.2) is 59.4 Å². The number of benzene rings is 2. The van der Waals surface area contributed by atoms with E-state index in [1.54, 1.807) is 22.8 Å². The highest BCUT2D eigenvalue weighted by atomic mass is 31.1. The highest BCUT2D eigenvalue weighted by Gasteiger charge is 2.15. The lowest BCUT2D eigenvalue weighted by Gasteiger charge is -2.08. The van der Waals surface area contributed by atoms with Crippen LogP contribution < -0.4 is 27.3 Å². The number of aromatic nitrogens is 3. The van der Waals surface area contributed by atoms with Gasteiger partial charge in [0, 0.05) is 42.5 Å². The van der Waals surface area contributed by atoms with Gasteiger partial charge in [0.15, 0.2) is 5.96 Å². The average molecular weight is 629 g/mol. The van der Waals surface area contributed by atoms with Gasteiger partial charge in [0.1, 0.15) is 31.0 Å². The molecular weight excluding hydrogens is 587 g/mol. The number of primary amides is 1. The van der Waals surface area contributed by atoms with Crippen LogP contribution in [0.2, 0.25) is 0 Å². The minimum absolute atomic E-state index is 0.00578. The van der Waals surface area contributed by atoms with E-state index in [-0.39, 0.29) is 12.5 Å². The molecule has 0 spiro atoms. The van der Waals surface area contributed by atoms with Gasteiger partial charge >= 0.3 is 0 Å². The Morgan fingerprint density at radius 3 is 2.47 bits per heavy atom. The molecule has 3 heterocycles. The summed E-state index contributed by atoms with van der Waals surface area (Å²) in [5, 5.41) is 4.44. The van der Waals surface area contributed by atoms with E-state index in [0.717, 1.165) is 63.3 Å². The highest BCUT2D eigenvalue weighted by Crippen LogP contribution is 2.42. The summed E-state index contributed by atoms with van der Waals surface area (Å²) in [6, 6.07) is 18.7. The lowest BCUT2D eigenvalue weighted by Crippen LogP contribution is -2.22. The maximum absolute atomic E-state index is 11.6. The van der Waals surface area contributed by atoms with Gasteiger partial charge in [0.05, 0.1) is 11.0 Å². The van der Waals surface area contributed by atoms with Crippen LogP contribution in [0.25, 0.3) is 22.4 Å². The molecule has 11 nitrogen and oxygen atoms in total. The van der Waals surface area contributed by atoms with Gasteiger partial charge in [0.25, 0.3) is 0 Å². The molecule has 1 unspecified atom stereocenters. The molecule has 2 aromatic carbocycles. The number of fused-ring (bicyclic) bond motifs is 1. The highest BCUT2D eigenvalue weighted by molar-refractivity contribution is 7.55. The van der Waals surface area contributed by atoms with Crippen LogP contribution in [0.5, 0.6) is 5.75 Å². The molecule has 236 valence electrons. The molecule has 4 aromatic rings. The number of nitrogens with one attached hydrogen (secondary N) is 1. The number of amides is 1. The Kier molecular flexibility index (Phi) is 14.4. The number of rotatable bonds is 13. The number of imidazole rings is 1. The van der Waals surface area contributed by atoms with E-state index in [1.165, 1.54) is 5.31 Å². The second kappa shape index (κ2) is 18.7. The fraction of sp³-hybridized carbons (Fsp3) is 0.242. The Bertz CT molecular complexity index is 1610. The van der Waals surface area contributed by atoms with Gasteiger partial charge in [-0.2, -0.15) is 0 Å². The largest absolute Gasteiger partial charge is 0.490 e. The molecule has 1 amide bonds. The normalized spacial score (nSPS) is 12.0. The maximum atomic E-state index is 11.6. The van der Waals surface area contributed by atoms with Crippen molar-refractivity contribution in [2.24, 2.45) is 22.2 Å². The van der Waals surface area contributed by atoms with Crippen LogP contribution in [0.1, 0.15) is 29.4 Å². The van der Waals surface area contributed by atoms with Crippen molar-refractivity contribution < 1.29 is 14.3 Å². The first-order valence-corrected chi connectivity index (χ1v) is 15.6. The molecule has 0 bridgehead atoms. The molecule has 1 aliphatic heterocycles. The Morgan fingerprint density at radius 2 is 1.89 bits per heavy atom. The van der Waals surface area contributed by atoms with E-state index in [4.69, 9.17) is 21.9 Å². The Hall–Kier alpha value is -4.86. The number of nitrogens with zero attached hydrogens (tertiary/aromatic N) is 4. The third-order valence-corrected chi connectivity index (χ3v) is 6.95. The Balaban J connectivity index is 0.000000266. The first kappa shape index (κ1) is 34.6. The molecule has 0 saturated carbocycles. The topological polar surface area (TPSA) is 177 Å².